The number of allylic oxidation sites excluding steroid dienone is 8. The summed E-state index contributed by atoms with van der Waals surface area (Å²) in [5, 5.41) is 0. The molecule has 2 atom stereocenters. The summed E-state index contributed by atoms with van der Waals surface area (Å²) in [5.41, 5.74) is 8.49. The minimum atomic E-state index is 0. The fraction of sp³-hybridized carbons (Fsp3) is 0.500. The number of hydrogen-bond acceptors (Lipinski definition) is 2. The Morgan fingerprint density at radius 3 is 0.913 bits per heavy atom. The first-order valence-corrected chi connectivity index (χ1v) is 7.39. The summed E-state index contributed by atoms with van der Waals surface area (Å²) in [6, 6.07) is 0. The topological polar surface area (TPSA) is 34.1 Å². The van der Waals surface area contributed by atoms with Crippen LogP contribution in [0.1, 0.15) is 55.4 Å². The van der Waals surface area contributed by atoms with Gasteiger partial charge >= 0.3 is 16.8 Å². The Morgan fingerprint density at radius 1 is 0.652 bits per heavy atom. The summed E-state index contributed by atoms with van der Waals surface area (Å²) in [7, 11) is 0. The molecule has 2 nitrogen and oxygen atoms in total. The van der Waals surface area contributed by atoms with Gasteiger partial charge in [0.05, 0.1) is 0 Å². The zero-order valence-electron chi connectivity index (χ0n) is 15.7. The van der Waals surface area contributed by atoms with Crippen LogP contribution in [0.15, 0.2) is 33.4 Å². The van der Waals surface area contributed by atoms with E-state index in [0.717, 1.165) is 0 Å². The molecule has 23 heavy (non-hydrogen) atoms. The number of hydrogen-bond donors (Lipinski definition) is 0. The minimum Gasteiger partial charge on any atom is -0.307 e. The molecule has 0 aliphatic heterocycles. The number of carbonyl (C=O) groups is 2. The predicted octanol–water partition coefficient (Wildman–Crippen LogP) is 5.07. The van der Waals surface area contributed by atoms with Gasteiger partial charge in [0.25, 0.3) is 0 Å². The first kappa shape index (κ1) is 26.7. The van der Waals surface area contributed by atoms with Crippen molar-refractivity contribution in [1.82, 2.24) is 0 Å². The van der Waals surface area contributed by atoms with Crippen molar-refractivity contribution in [1.29, 1.82) is 0 Å². The van der Waals surface area contributed by atoms with Crippen LogP contribution < -0.4 is 0 Å². The fourth-order valence-electron chi connectivity index (χ4n) is 2.32. The van der Waals surface area contributed by atoms with E-state index in [1.165, 1.54) is 33.4 Å². The normalized spacial score (nSPS) is 21.6. The Kier molecular flexibility index (Phi) is 15.4. The maximum Gasteiger partial charge on any atom is 2.00 e. The first-order valence-electron chi connectivity index (χ1n) is 7.39. The Balaban J connectivity index is -0.000000276. The van der Waals surface area contributed by atoms with Crippen molar-refractivity contribution in [3.8, 4) is 0 Å². The second-order valence-electron chi connectivity index (χ2n) is 5.60. The summed E-state index contributed by atoms with van der Waals surface area (Å²) in [4.78, 5) is 16.0. The van der Waals surface area contributed by atoms with Gasteiger partial charge in [-0.05, 0) is 0 Å². The fourth-order valence-corrected chi connectivity index (χ4v) is 2.32. The van der Waals surface area contributed by atoms with Crippen LogP contribution >= 0.6 is 0 Å². The predicted molar refractivity (Wildman–Crippen MR) is 94.2 cm³/mol. The maximum atomic E-state index is 8.00. The maximum absolute atomic E-state index is 8.00. The van der Waals surface area contributed by atoms with E-state index in [1.807, 2.05) is 13.6 Å². The summed E-state index contributed by atoms with van der Waals surface area (Å²) in [5.74, 6) is 1.12. The van der Waals surface area contributed by atoms with Crippen LogP contribution in [-0.2, 0) is 26.4 Å². The number of rotatable bonds is 0. The molecule has 0 N–H and O–H groups in total. The molecule has 1 radical (unpaired) electrons. The van der Waals surface area contributed by atoms with Gasteiger partial charge in [0.15, 0.2) is 0 Å². The average molecular weight is 361 g/mol. The molecule has 0 aromatic heterocycles. The van der Waals surface area contributed by atoms with E-state index >= 15 is 0 Å². The van der Waals surface area contributed by atoms with Crippen molar-refractivity contribution >= 4 is 13.6 Å². The summed E-state index contributed by atoms with van der Waals surface area (Å²) in [6.45, 7) is 21.3. The van der Waals surface area contributed by atoms with E-state index in [0.29, 0.717) is 11.8 Å². The van der Waals surface area contributed by atoms with Gasteiger partial charge in [0.2, 0.25) is 0 Å². The average Bonchev–Trinajstić information content (AvgIpc) is 2.88. The second kappa shape index (κ2) is 13.3. The largest absolute Gasteiger partial charge is 2.00 e. The smallest absolute Gasteiger partial charge is 0.307 e. The van der Waals surface area contributed by atoms with Crippen molar-refractivity contribution in [2.24, 2.45) is 11.8 Å². The molecule has 0 saturated heterocycles. The van der Waals surface area contributed by atoms with Crippen LogP contribution in [0.25, 0.3) is 0 Å². The molecule has 0 fully saturated rings. The van der Waals surface area contributed by atoms with E-state index in [9.17, 15) is 0 Å². The monoisotopic (exact) mass is 361 g/mol. The zero-order chi connectivity index (χ0) is 18.0. The van der Waals surface area contributed by atoms with Crippen molar-refractivity contribution in [2.45, 2.75) is 55.4 Å². The van der Waals surface area contributed by atoms with Crippen molar-refractivity contribution in [3.05, 3.63) is 45.6 Å². The Morgan fingerprint density at radius 2 is 0.870 bits per heavy atom. The van der Waals surface area contributed by atoms with Crippen LogP contribution in [-0.4, -0.2) is 13.6 Å². The van der Waals surface area contributed by atoms with Gasteiger partial charge in [-0.25, -0.2) is 11.1 Å². The van der Waals surface area contributed by atoms with Crippen molar-refractivity contribution < 1.29 is 26.4 Å². The van der Waals surface area contributed by atoms with Gasteiger partial charge in [-0.3, -0.25) is 12.2 Å². The molecule has 0 bridgehead atoms. The van der Waals surface area contributed by atoms with Gasteiger partial charge in [-0.2, -0.15) is 22.3 Å². The summed E-state index contributed by atoms with van der Waals surface area (Å²) >= 11 is 0. The van der Waals surface area contributed by atoms with Gasteiger partial charge in [-0.15, -0.1) is 13.8 Å². The zero-order valence-corrected chi connectivity index (χ0v) is 16.8. The van der Waals surface area contributed by atoms with Gasteiger partial charge < -0.3 is 9.59 Å². The molecule has 0 aromatic rings. The molecule has 2 aliphatic rings. The van der Waals surface area contributed by atoms with Crippen LogP contribution in [0.5, 0.6) is 0 Å². The van der Waals surface area contributed by atoms with E-state index in [2.05, 4.69) is 67.5 Å². The Hall–Kier alpha value is -1.19. The molecule has 2 aliphatic carbocycles. The van der Waals surface area contributed by atoms with Gasteiger partial charge in [0.1, 0.15) is 13.6 Å². The molecule has 0 aromatic carbocycles. The third-order valence-electron chi connectivity index (χ3n) is 4.47. The summed E-state index contributed by atoms with van der Waals surface area (Å²) < 4.78 is 0. The van der Waals surface area contributed by atoms with E-state index in [4.69, 9.17) is 9.59 Å². The molecule has 3 heteroatoms. The number of carbonyl (C=O) groups excluding carboxylic acids is 2. The van der Waals surface area contributed by atoms with Crippen LogP contribution in [0.4, 0.5) is 0 Å². The molecule has 131 valence electrons. The third kappa shape index (κ3) is 7.75. The standard InChI is InChI=1S/2C9H13.2CH2O.Co/c2*1-6-5-7(2)9(4)8(6)3;2*1-2;/h2*6H,1-4H3;2*1H2;/q2*-1;;;+2. The molecular formula is C20H30CoO2. The molecule has 0 saturated carbocycles. The SMILES string of the molecule is C=O.C=O.CC1=[C-]C(C)C(C)=C1C.CC1=[C-]C(C)C(C)=C1C.[Co+2]. The van der Waals surface area contributed by atoms with Gasteiger partial charge in [0, 0.05) is 0 Å². The molecule has 0 amide bonds. The van der Waals surface area contributed by atoms with E-state index in [1.54, 1.807) is 0 Å². The minimum absolute atomic E-state index is 0. The van der Waals surface area contributed by atoms with Gasteiger partial charge in [-0.1, -0.05) is 53.4 Å². The first-order chi connectivity index (χ1) is 10.3. The molecule has 2 unspecified atom stereocenters. The molecule has 2 rings (SSSR count). The van der Waals surface area contributed by atoms with Crippen molar-refractivity contribution in [2.75, 3.05) is 0 Å². The quantitative estimate of drug-likeness (QED) is 0.565. The molecule has 0 spiro atoms. The molecular weight excluding hydrogens is 331 g/mol. The molecule has 0 heterocycles. The van der Waals surface area contributed by atoms with E-state index in [-0.39, 0.29) is 16.8 Å². The van der Waals surface area contributed by atoms with E-state index < -0.39 is 0 Å². The Labute approximate surface area is 153 Å². The van der Waals surface area contributed by atoms with Crippen molar-refractivity contribution in [3.63, 3.8) is 0 Å². The second-order valence-corrected chi connectivity index (χ2v) is 5.60. The van der Waals surface area contributed by atoms with Crippen LogP contribution in [0.3, 0.4) is 0 Å². The third-order valence-corrected chi connectivity index (χ3v) is 4.47. The summed E-state index contributed by atoms with van der Waals surface area (Å²) in [6.07, 6.45) is 6.72. The van der Waals surface area contributed by atoms with Crippen LogP contribution in [0, 0.1) is 24.0 Å². The Bertz CT molecular complexity index is 450. The van der Waals surface area contributed by atoms with Crippen LogP contribution in [0.2, 0.25) is 0 Å².